The van der Waals surface area contributed by atoms with Gasteiger partial charge in [0, 0.05) is 0 Å². The molecule has 0 aliphatic carbocycles. The molecule has 0 fully saturated rings. The monoisotopic (exact) mass is 355 g/mol. The second kappa shape index (κ2) is 9.49. The van der Waals surface area contributed by atoms with Crippen LogP contribution < -0.4 is 11.1 Å². The maximum absolute atomic E-state index is 11.9. The zero-order valence-electron chi connectivity index (χ0n) is 17.9. The highest BCUT2D eigenvalue weighted by atomic mass is 16.5. The van der Waals surface area contributed by atoms with Gasteiger partial charge in [0.2, 0.25) is 0 Å². The number of hydrogen-bond acceptors (Lipinski definition) is 5. The number of ketones is 1. The highest BCUT2D eigenvalue weighted by Gasteiger charge is 2.27. The van der Waals surface area contributed by atoms with Crippen LogP contribution >= 0.6 is 0 Å². The Morgan fingerprint density at radius 3 is 1.96 bits per heavy atom. The second-order valence-corrected chi connectivity index (χ2v) is 9.24. The van der Waals surface area contributed by atoms with Crippen LogP contribution in [0.2, 0.25) is 6.82 Å². The molecule has 1 radical (unpaired) electrons. The maximum atomic E-state index is 11.9. The molecule has 25 heavy (non-hydrogen) atoms. The average Bonchev–Trinajstić information content (AvgIpc) is 2.42. The van der Waals surface area contributed by atoms with E-state index < -0.39 is 11.1 Å². The Morgan fingerprint density at radius 1 is 0.960 bits per heavy atom. The first kappa shape index (κ1) is 24.6. The Hall–Kier alpha value is -0.425. The molecule has 0 spiro atoms. The van der Waals surface area contributed by atoms with Gasteiger partial charge >= 0.3 is 0 Å². The Kier molecular flexibility index (Phi) is 9.33. The third-order valence-electron chi connectivity index (χ3n) is 4.54. The van der Waals surface area contributed by atoms with Crippen LogP contribution in [0.5, 0.6) is 0 Å². The number of hydrogen-bond donors (Lipinski definition) is 2. The third-order valence-corrected chi connectivity index (χ3v) is 4.54. The number of carbonyl (C=O) groups excluding carboxylic acids is 1. The SMILES string of the molecule is C[B]C(C)(C)NCCC(C)(C)OCCC(C)(C)OCC(=O)C(C)(C)N. The number of nitrogens with one attached hydrogen (secondary N) is 1. The van der Waals surface area contributed by atoms with Crippen molar-refractivity contribution in [1.29, 1.82) is 0 Å². The fraction of sp³-hybridized carbons (Fsp3) is 0.947. The van der Waals surface area contributed by atoms with Crippen LogP contribution in [0.4, 0.5) is 0 Å². The molecular weight excluding hydrogens is 315 g/mol. The summed E-state index contributed by atoms with van der Waals surface area (Å²) in [5, 5.41) is 3.51. The summed E-state index contributed by atoms with van der Waals surface area (Å²) in [4.78, 5) is 11.9. The minimum atomic E-state index is -0.856. The van der Waals surface area contributed by atoms with Crippen molar-refractivity contribution >= 4 is 13.1 Å². The molecule has 0 unspecified atom stereocenters. The van der Waals surface area contributed by atoms with Crippen LogP contribution in [0.1, 0.15) is 68.2 Å². The number of ether oxygens (including phenoxy) is 2. The predicted molar refractivity (Wildman–Crippen MR) is 106 cm³/mol. The number of Topliss-reactive ketones (excluding diaryl/α,β-unsaturated/α-hetero) is 1. The topological polar surface area (TPSA) is 73.6 Å². The lowest BCUT2D eigenvalue weighted by molar-refractivity contribution is -0.135. The molecule has 0 aromatic rings. The fourth-order valence-electron chi connectivity index (χ4n) is 1.95. The predicted octanol–water partition coefficient (Wildman–Crippen LogP) is 2.74. The van der Waals surface area contributed by atoms with Gasteiger partial charge in [-0.2, -0.15) is 0 Å². The minimum absolute atomic E-state index is 0.0341. The van der Waals surface area contributed by atoms with Gasteiger partial charge in [-0.1, -0.05) is 20.7 Å². The summed E-state index contributed by atoms with van der Waals surface area (Å²) in [5.41, 5.74) is 4.34. The molecular formula is C19H40BN2O3. The van der Waals surface area contributed by atoms with E-state index >= 15 is 0 Å². The van der Waals surface area contributed by atoms with Crippen molar-refractivity contribution in [1.82, 2.24) is 5.32 Å². The van der Waals surface area contributed by atoms with Crippen molar-refractivity contribution in [2.45, 2.75) is 97.2 Å². The van der Waals surface area contributed by atoms with Crippen LogP contribution in [-0.4, -0.2) is 55.0 Å². The van der Waals surface area contributed by atoms with Crippen LogP contribution in [0.25, 0.3) is 0 Å². The number of carbonyl (C=O) groups is 1. The average molecular weight is 355 g/mol. The fourth-order valence-corrected chi connectivity index (χ4v) is 1.95. The molecule has 0 aliphatic rings. The summed E-state index contributed by atoms with van der Waals surface area (Å²) in [6, 6.07) is 0. The van der Waals surface area contributed by atoms with Gasteiger partial charge in [0.1, 0.15) is 13.9 Å². The Balaban J connectivity index is 4.18. The number of rotatable bonds is 13. The first-order valence-electron chi connectivity index (χ1n) is 9.26. The largest absolute Gasteiger partial charge is 0.375 e. The first-order chi connectivity index (χ1) is 11.1. The van der Waals surface area contributed by atoms with E-state index in [-0.39, 0.29) is 23.4 Å². The summed E-state index contributed by atoms with van der Waals surface area (Å²) in [5.74, 6) is -0.0942. The normalized spacial score (nSPS) is 13.8. The lowest BCUT2D eigenvalue weighted by atomic mass is 9.62. The summed E-state index contributed by atoms with van der Waals surface area (Å²) >= 11 is 0. The molecule has 0 aliphatic heterocycles. The van der Waals surface area contributed by atoms with E-state index in [1.165, 1.54) is 0 Å². The zero-order chi connectivity index (χ0) is 19.9. The second-order valence-electron chi connectivity index (χ2n) is 9.24. The van der Waals surface area contributed by atoms with Gasteiger partial charge in [0.15, 0.2) is 5.78 Å². The summed E-state index contributed by atoms with van der Waals surface area (Å²) in [6.45, 7) is 19.4. The van der Waals surface area contributed by atoms with E-state index in [4.69, 9.17) is 15.2 Å². The van der Waals surface area contributed by atoms with E-state index in [1.54, 1.807) is 13.8 Å². The highest BCUT2D eigenvalue weighted by Crippen LogP contribution is 2.20. The molecule has 0 aromatic carbocycles. The molecule has 0 saturated heterocycles. The van der Waals surface area contributed by atoms with Crippen molar-refractivity contribution in [2.75, 3.05) is 19.8 Å². The Morgan fingerprint density at radius 2 is 1.48 bits per heavy atom. The lowest BCUT2D eigenvalue weighted by Crippen LogP contribution is -2.46. The van der Waals surface area contributed by atoms with E-state index in [0.717, 1.165) is 19.4 Å². The molecule has 0 bridgehead atoms. The molecule has 0 atom stereocenters. The van der Waals surface area contributed by atoms with E-state index in [0.29, 0.717) is 6.61 Å². The molecule has 0 heterocycles. The molecule has 147 valence electrons. The van der Waals surface area contributed by atoms with Crippen LogP contribution in [-0.2, 0) is 14.3 Å². The molecule has 0 aromatic heterocycles. The summed E-state index contributed by atoms with van der Waals surface area (Å²) in [7, 11) is 2.16. The minimum Gasteiger partial charge on any atom is -0.375 e. The van der Waals surface area contributed by atoms with Gasteiger partial charge in [-0.05, 0) is 66.4 Å². The van der Waals surface area contributed by atoms with Gasteiger partial charge in [-0.25, -0.2) is 0 Å². The summed E-state index contributed by atoms with van der Waals surface area (Å²) < 4.78 is 11.8. The van der Waals surface area contributed by atoms with Crippen LogP contribution in [0.3, 0.4) is 0 Å². The van der Waals surface area contributed by atoms with Gasteiger partial charge in [-0.3, -0.25) is 4.79 Å². The Labute approximate surface area is 156 Å². The van der Waals surface area contributed by atoms with Crippen molar-refractivity contribution in [3.05, 3.63) is 0 Å². The zero-order valence-corrected chi connectivity index (χ0v) is 17.9. The molecule has 0 saturated carbocycles. The van der Waals surface area contributed by atoms with Gasteiger partial charge in [0.05, 0.1) is 23.3 Å². The molecule has 5 nitrogen and oxygen atoms in total. The maximum Gasteiger partial charge on any atom is 0.177 e. The first-order valence-corrected chi connectivity index (χ1v) is 9.26. The quantitative estimate of drug-likeness (QED) is 0.497. The molecule has 6 heteroatoms. The van der Waals surface area contributed by atoms with Crippen LogP contribution in [0, 0.1) is 0 Å². The number of nitrogens with two attached hydrogens (primary N) is 1. The molecule has 0 amide bonds. The smallest absolute Gasteiger partial charge is 0.177 e. The van der Waals surface area contributed by atoms with E-state index in [2.05, 4.69) is 47.1 Å². The van der Waals surface area contributed by atoms with E-state index in [9.17, 15) is 4.79 Å². The summed E-state index contributed by atoms with van der Waals surface area (Å²) in [6.07, 6.45) is 1.64. The van der Waals surface area contributed by atoms with Crippen molar-refractivity contribution in [2.24, 2.45) is 5.73 Å². The van der Waals surface area contributed by atoms with Gasteiger partial charge < -0.3 is 20.5 Å². The highest BCUT2D eigenvalue weighted by molar-refractivity contribution is 6.38. The Bertz CT molecular complexity index is 415. The molecule has 0 rings (SSSR count). The van der Waals surface area contributed by atoms with Crippen molar-refractivity contribution in [3.8, 4) is 0 Å². The van der Waals surface area contributed by atoms with Crippen molar-refractivity contribution in [3.63, 3.8) is 0 Å². The lowest BCUT2D eigenvalue weighted by Gasteiger charge is -2.32. The van der Waals surface area contributed by atoms with Gasteiger partial charge in [-0.15, -0.1) is 0 Å². The van der Waals surface area contributed by atoms with Gasteiger partial charge in [0.25, 0.3) is 0 Å². The van der Waals surface area contributed by atoms with Crippen molar-refractivity contribution < 1.29 is 14.3 Å². The standard InChI is InChI=1S/C19H40BN2O3/c1-16(2,10-12-22-19(7,8)20-9)24-13-11-17(3,4)25-14-15(23)18(5,6)21/h22H,10-14,21H2,1-9H3. The molecule has 3 N–H and O–H groups in total. The third kappa shape index (κ3) is 11.7. The van der Waals surface area contributed by atoms with Crippen LogP contribution in [0.15, 0.2) is 0 Å². The van der Waals surface area contributed by atoms with E-state index in [1.807, 2.05) is 13.8 Å².